The standard InChI is InChI=1S/C22H23FN4O4S/c1-26-10-9-24-21(26)20(16-5-7-18(23)8-6-16)25-22(28)17-3-2-4-19(15-17)32(29,30)27-11-13-31-14-12-27/h2-10,15,20H,11-14H2,1H3,(H,25,28)/t20-/m1/s1. The van der Waals surface area contributed by atoms with Gasteiger partial charge in [-0.3, -0.25) is 4.79 Å². The van der Waals surface area contributed by atoms with E-state index in [9.17, 15) is 17.6 Å². The molecule has 1 atom stereocenters. The fourth-order valence-corrected chi connectivity index (χ4v) is 5.01. The summed E-state index contributed by atoms with van der Waals surface area (Å²) < 4.78 is 47.7. The number of nitrogens with one attached hydrogen (secondary N) is 1. The van der Waals surface area contributed by atoms with Gasteiger partial charge in [0.05, 0.1) is 18.1 Å². The number of imidazole rings is 1. The second-order valence-electron chi connectivity index (χ2n) is 7.40. The van der Waals surface area contributed by atoms with Gasteiger partial charge in [0.1, 0.15) is 17.7 Å². The molecule has 0 bridgehead atoms. The maximum Gasteiger partial charge on any atom is 0.252 e. The van der Waals surface area contributed by atoms with Crippen molar-refractivity contribution in [3.63, 3.8) is 0 Å². The highest BCUT2D eigenvalue weighted by atomic mass is 32.2. The number of amides is 1. The van der Waals surface area contributed by atoms with Gasteiger partial charge in [0.2, 0.25) is 10.0 Å². The number of carbonyl (C=O) groups is 1. The van der Waals surface area contributed by atoms with Crippen molar-refractivity contribution in [2.24, 2.45) is 7.05 Å². The van der Waals surface area contributed by atoms with E-state index in [0.29, 0.717) is 24.6 Å². The van der Waals surface area contributed by atoms with Gasteiger partial charge in [-0.15, -0.1) is 0 Å². The number of morpholine rings is 1. The largest absolute Gasteiger partial charge is 0.379 e. The number of rotatable bonds is 6. The van der Waals surface area contributed by atoms with E-state index in [1.54, 1.807) is 42.2 Å². The van der Waals surface area contributed by atoms with Crippen molar-refractivity contribution in [2.45, 2.75) is 10.9 Å². The smallest absolute Gasteiger partial charge is 0.252 e. The van der Waals surface area contributed by atoms with Gasteiger partial charge in [0, 0.05) is 38.1 Å². The lowest BCUT2D eigenvalue weighted by Gasteiger charge is -2.26. The molecule has 0 unspecified atom stereocenters. The molecular formula is C22H23FN4O4S. The van der Waals surface area contributed by atoms with Crippen molar-refractivity contribution in [1.29, 1.82) is 0 Å². The molecule has 1 saturated heterocycles. The van der Waals surface area contributed by atoms with Gasteiger partial charge in [-0.25, -0.2) is 17.8 Å². The van der Waals surface area contributed by atoms with Crippen LogP contribution in [-0.2, 0) is 21.8 Å². The molecule has 4 rings (SSSR count). The monoisotopic (exact) mass is 458 g/mol. The zero-order valence-corrected chi connectivity index (χ0v) is 18.3. The molecule has 0 radical (unpaired) electrons. The summed E-state index contributed by atoms with van der Waals surface area (Å²) in [4.78, 5) is 17.5. The summed E-state index contributed by atoms with van der Waals surface area (Å²) >= 11 is 0. The van der Waals surface area contributed by atoms with Crippen molar-refractivity contribution < 1.29 is 22.3 Å². The van der Waals surface area contributed by atoms with E-state index in [1.165, 1.54) is 34.6 Å². The van der Waals surface area contributed by atoms with Crippen LogP contribution in [0.5, 0.6) is 0 Å². The molecule has 10 heteroatoms. The fraction of sp³-hybridized carbons (Fsp3) is 0.273. The van der Waals surface area contributed by atoms with Crippen molar-refractivity contribution in [1.82, 2.24) is 19.2 Å². The maximum atomic E-state index is 13.4. The van der Waals surface area contributed by atoms with E-state index < -0.39 is 22.0 Å². The first-order valence-corrected chi connectivity index (χ1v) is 11.5. The lowest BCUT2D eigenvalue weighted by Crippen LogP contribution is -2.40. The SMILES string of the molecule is Cn1ccnc1[C@H](NC(=O)c1cccc(S(=O)(=O)N2CCOCC2)c1)c1ccc(F)cc1. The molecule has 0 saturated carbocycles. The van der Waals surface area contributed by atoms with E-state index in [1.807, 2.05) is 0 Å². The third-order valence-corrected chi connectivity index (χ3v) is 7.19. The highest BCUT2D eigenvalue weighted by Crippen LogP contribution is 2.23. The van der Waals surface area contributed by atoms with Crippen LogP contribution in [0.15, 0.2) is 65.8 Å². The predicted molar refractivity (Wildman–Crippen MR) is 115 cm³/mol. The Kier molecular flexibility index (Phi) is 6.35. The topological polar surface area (TPSA) is 93.5 Å². The molecule has 2 aromatic carbocycles. The van der Waals surface area contributed by atoms with E-state index in [0.717, 1.165) is 0 Å². The van der Waals surface area contributed by atoms with Crippen molar-refractivity contribution in [3.8, 4) is 0 Å². The van der Waals surface area contributed by atoms with E-state index >= 15 is 0 Å². The third kappa shape index (κ3) is 4.57. The predicted octanol–water partition coefficient (Wildman–Crippen LogP) is 2.10. The lowest BCUT2D eigenvalue weighted by atomic mass is 10.1. The fourth-order valence-electron chi connectivity index (χ4n) is 3.56. The van der Waals surface area contributed by atoms with E-state index in [-0.39, 0.29) is 29.4 Å². The van der Waals surface area contributed by atoms with Crippen molar-refractivity contribution >= 4 is 15.9 Å². The van der Waals surface area contributed by atoms with Crippen LogP contribution in [-0.4, -0.2) is 54.5 Å². The third-order valence-electron chi connectivity index (χ3n) is 5.30. The summed E-state index contributed by atoms with van der Waals surface area (Å²) in [5.74, 6) is -0.303. The summed E-state index contributed by atoms with van der Waals surface area (Å²) in [5, 5.41) is 2.90. The first-order valence-electron chi connectivity index (χ1n) is 10.1. The minimum absolute atomic E-state index is 0.0439. The first-order chi connectivity index (χ1) is 15.4. The van der Waals surface area contributed by atoms with Crippen molar-refractivity contribution in [3.05, 3.63) is 83.7 Å². The number of aromatic nitrogens is 2. The number of sulfonamides is 1. The second kappa shape index (κ2) is 9.19. The van der Waals surface area contributed by atoms with Gasteiger partial charge in [-0.05, 0) is 35.9 Å². The van der Waals surface area contributed by atoms with Gasteiger partial charge in [-0.1, -0.05) is 18.2 Å². The van der Waals surface area contributed by atoms with Gasteiger partial charge >= 0.3 is 0 Å². The van der Waals surface area contributed by atoms with E-state index in [2.05, 4.69) is 10.3 Å². The highest BCUT2D eigenvalue weighted by molar-refractivity contribution is 7.89. The minimum atomic E-state index is -3.74. The van der Waals surface area contributed by atoms with Gasteiger partial charge in [0.15, 0.2) is 0 Å². The summed E-state index contributed by atoms with van der Waals surface area (Å²) in [6.07, 6.45) is 3.35. The zero-order chi connectivity index (χ0) is 22.7. The molecule has 168 valence electrons. The van der Waals surface area contributed by atoms with Crippen LogP contribution in [0.1, 0.15) is 27.8 Å². The van der Waals surface area contributed by atoms with Crippen LogP contribution in [0.2, 0.25) is 0 Å². The summed E-state index contributed by atoms with van der Waals surface area (Å²) in [5.41, 5.74) is 0.840. The number of halogens is 1. The molecule has 2 heterocycles. The lowest BCUT2D eigenvalue weighted by molar-refractivity contribution is 0.0730. The highest BCUT2D eigenvalue weighted by Gasteiger charge is 2.27. The summed E-state index contributed by atoms with van der Waals surface area (Å²) in [6, 6.07) is 11.0. The molecular weight excluding hydrogens is 435 g/mol. The van der Waals surface area contributed by atoms with Gasteiger partial charge in [-0.2, -0.15) is 4.31 Å². The number of carbonyl (C=O) groups excluding carboxylic acids is 1. The molecule has 3 aromatic rings. The van der Waals surface area contributed by atoms with Crippen LogP contribution >= 0.6 is 0 Å². The van der Waals surface area contributed by atoms with Crippen LogP contribution in [0.3, 0.4) is 0 Å². The Balaban J connectivity index is 1.62. The Bertz CT molecular complexity index is 1200. The number of hydrogen-bond acceptors (Lipinski definition) is 5. The minimum Gasteiger partial charge on any atom is -0.379 e. The zero-order valence-electron chi connectivity index (χ0n) is 17.4. The number of ether oxygens (including phenoxy) is 1. The molecule has 1 N–H and O–H groups in total. The first kappa shape index (κ1) is 22.1. The Labute approximate surface area is 185 Å². The number of hydrogen-bond donors (Lipinski definition) is 1. The Hall–Kier alpha value is -3.08. The molecule has 0 aliphatic carbocycles. The number of aryl methyl sites for hydroxylation is 1. The van der Waals surface area contributed by atoms with Crippen LogP contribution in [0.4, 0.5) is 4.39 Å². The quantitative estimate of drug-likeness (QED) is 0.611. The number of nitrogens with zero attached hydrogens (tertiary/aromatic N) is 3. The normalized spacial score (nSPS) is 15.9. The molecule has 0 spiro atoms. The second-order valence-corrected chi connectivity index (χ2v) is 9.34. The molecule has 1 fully saturated rings. The van der Waals surface area contributed by atoms with Crippen LogP contribution in [0.25, 0.3) is 0 Å². The Morgan fingerprint density at radius 1 is 1.16 bits per heavy atom. The average molecular weight is 459 g/mol. The molecule has 1 amide bonds. The maximum absolute atomic E-state index is 13.4. The Morgan fingerprint density at radius 2 is 1.88 bits per heavy atom. The molecule has 32 heavy (non-hydrogen) atoms. The van der Waals surface area contributed by atoms with Crippen LogP contribution < -0.4 is 5.32 Å². The molecule has 1 aromatic heterocycles. The summed E-state index contributed by atoms with van der Waals surface area (Å²) in [7, 11) is -1.95. The van der Waals surface area contributed by atoms with Gasteiger partial charge in [0.25, 0.3) is 5.91 Å². The number of benzene rings is 2. The molecule has 1 aliphatic heterocycles. The van der Waals surface area contributed by atoms with Crippen LogP contribution in [0, 0.1) is 5.82 Å². The van der Waals surface area contributed by atoms with Gasteiger partial charge < -0.3 is 14.6 Å². The molecule has 8 nitrogen and oxygen atoms in total. The van der Waals surface area contributed by atoms with Crippen molar-refractivity contribution in [2.75, 3.05) is 26.3 Å². The molecule has 1 aliphatic rings. The summed E-state index contributed by atoms with van der Waals surface area (Å²) in [6.45, 7) is 1.21. The average Bonchev–Trinajstić information content (AvgIpc) is 3.24. The van der Waals surface area contributed by atoms with E-state index in [4.69, 9.17) is 4.74 Å². The Morgan fingerprint density at radius 3 is 2.53 bits per heavy atom.